The minimum Gasteiger partial charge on any atom is -0.394 e. The first-order chi connectivity index (χ1) is 12.4. The van der Waals surface area contributed by atoms with Crippen LogP contribution in [0, 0.1) is 11.7 Å². The quantitative estimate of drug-likeness (QED) is 0.676. The summed E-state index contributed by atoms with van der Waals surface area (Å²) in [6.07, 6.45) is 2.04. The van der Waals surface area contributed by atoms with Crippen LogP contribution in [0.5, 0.6) is 0 Å². The molecule has 1 aromatic rings. The average molecular weight is 367 g/mol. The van der Waals surface area contributed by atoms with E-state index in [1.165, 1.54) is 0 Å². The summed E-state index contributed by atoms with van der Waals surface area (Å²) in [6, 6.07) is 0. The Morgan fingerprint density at radius 2 is 2.12 bits per heavy atom. The monoisotopic (exact) mass is 367 g/mol. The van der Waals surface area contributed by atoms with Crippen LogP contribution in [0.25, 0.3) is 0 Å². The van der Waals surface area contributed by atoms with Gasteiger partial charge in [0.1, 0.15) is 12.2 Å². The molecule has 1 saturated heterocycles. The van der Waals surface area contributed by atoms with Gasteiger partial charge in [0.25, 0.3) is 0 Å². The van der Waals surface area contributed by atoms with Crippen LogP contribution in [-0.2, 0) is 9.53 Å². The van der Waals surface area contributed by atoms with E-state index in [-0.39, 0.29) is 17.4 Å². The molecule has 26 heavy (non-hydrogen) atoms. The number of nitrogens with one attached hydrogen (secondary N) is 1. The number of nitrogens with zero attached hydrogens (tertiary/aromatic N) is 2. The fraction of sp³-hybridized carbons (Fsp3) is 0.588. The number of carbonyl (C=O) groups is 1. The molecule has 0 aromatic carbocycles. The normalized spacial score (nSPS) is 26.9. The van der Waals surface area contributed by atoms with E-state index in [4.69, 9.17) is 9.84 Å². The van der Waals surface area contributed by atoms with Gasteiger partial charge >= 0.3 is 5.69 Å². The van der Waals surface area contributed by atoms with E-state index in [1.807, 2.05) is 0 Å². The fourth-order valence-corrected chi connectivity index (χ4v) is 3.38. The highest BCUT2D eigenvalue weighted by Gasteiger charge is 2.39. The molecule has 3 atom stereocenters. The lowest BCUT2D eigenvalue weighted by atomic mass is 9.89. The molecule has 3 N–H and O–H groups in total. The Hall–Kier alpha value is -2.10. The van der Waals surface area contributed by atoms with Crippen molar-refractivity contribution in [1.82, 2.24) is 9.55 Å². The number of hydrogen-bond donors (Lipinski definition) is 3. The van der Waals surface area contributed by atoms with Crippen LogP contribution in [-0.4, -0.2) is 44.5 Å². The number of aliphatic hydroxyl groups is 2. The summed E-state index contributed by atoms with van der Waals surface area (Å²) >= 11 is 0. The predicted octanol–water partition coefficient (Wildman–Crippen LogP) is 0.708. The second-order valence-electron chi connectivity index (χ2n) is 6.68. The van der Waals surface area contributed by atoms with Gasteiger partial charge in [-0.1, -0.05) is 25.8 Å². The van der Waals surface area contributed by atoms with Gasteiger partial charge in [-0.25, -0.2) is 9.18 Å². The van der Waals surface area contributed by atoms with Crippen molar-refractivity contribution >= 4 is 11.7 Å². The van der Waals surface area contributed by atoms with Crippen molar-refractivity contribution in [3.05, 3.63) is 34.7 Å². The number of amides is 1. The van der Waals surface area contributed by atoms with E-state index in [0.717, 1.165) is 42.9 Å². The minimum atomic E-state index is -1.18. The highest BCUT2D eigenvalue weighted by Crippen LogP contribution is 2.32. The summed E-state index contributed by atoms with van der Waals surface area (Å²) < 4.78 is 20.6. The zero-order valence-electron chi connectivity index (χ0n) is 14.2. The van der Waals surface area contributed by atoms with Gasteiger partial charge in [-0.3, -0.25) is 9.36 Å². The maximum absolute atomic E-state index is 14.4. The third-order valence-electron chi connectivity index (χ3n) is 4.91. The van der Waals surface area contributed by atoms with Crippen molar-refractivity contribution in [2.24, 2.45) is 5.92 Å². The Kier molecular flexibility index (Phi) is 5.49. The first-order valence-electron chi connectivity index (χ1n) is 8.65. The average Bonchev–Trinajstić information content (AvgIpc) is 2.93. The van der Waals surface area contributed by atoms with Crippen LogP contribution < -0.4 is 11.0 Å². The van der Waals surface area contributed by atoms with E-state index in [9.17, 15) is 19.1 Å². The molecular formula is C17H22FN3O5. The first kappa shape index (κ1) is 18.7. The highest BCUT2D eigenvalue weighted by atomic mass is 19.1. The van der Waals surface area contributed by atoms with Gasteiger partial charge in [-0.05, 0) is 12.8 Å². The molecule has 142 valence electrons. The van der Waals surface area contributed by atoms with Crippen LogP contribution in [0.2, 0.25) is 0 Å². The Bertz CT molecular complexity index is 759. The van der Waals surface area contributed by atoms with Crippen molar-refractivity contribution in [3.63, 3.8) is 0 Å². The summed E-state index contributed by atoms with van der Waals surface area (Å²) in [4.78, 5) is 28.1. The minimum absolute atomic E-state index is 0.117. The zero-order valence-corrected chi connectivity index (χ0v) is 14.2. The molecule has 0 radical (unpaired) electrons. The number of anilines is 1. The lowest BCUT2D eigenvalue weighted by molar-refractivity contribution is -0.120. The first-order valence-corrected chi connectivity index (χ1v) is 8.65. The van der Waals surface area contributed by atoms with Crippen LogP contribution in [0.3, 0.4) is 0 Å². The van der Waals surface area contributed by atoms with Gasteiger partial charge < -0.3 is 20.3 Å². The summed E-state index contributed by atoms with van der Waals surface area (Å²) in [5.41, 5.74) is -0.742. The lowest BCUT2D eigenvalue weighted by Gasteiger charge is -2.21. The van der Waals surface area contributed by atoms with Gasteiger partial charge in [-0.2, -0.15) is 4.98 Å². The van der Waals surface area contributed by atoms with Gasteiger partial charge in [0.2, 0.25) is 5.91 Å². The lowest BCUT2D eigenvalue weighted by Crippen LogP contribution is -2.32. The van der Waals surface area contributed by atoms with E-state index >= 15 is 0 Å². The van der Waals surface area contributed by atoms with Crippen LogP contribution in [0.4, 0.5) is 10.2 Å². The van der Waals surface area contributed by atoms with E-state index in [0.29, 0.717) is 0 Å². The van der Waals surface area contributed by atoms with Crippen molar-refractivity contribution in [2.45, 2.75) is 50.5 Å². The van der Waals surface area contributed by atoms with Crippen LogP contribution in [0.15, 0.2) is 23.1 Å². The standard InChI is InChI=1S/C17H22FN3O5/c1-9-13(23)12(8-22)26-16(9)21-7-11(18)14(20-17(21)25)19-15(24)10-5-3-2-4-6-10/h7,10,12-13,16,22-23H,1-6,8H2,(H,19,20,24,25)/t12-,13+,16-/m1/s1. The molecule has 2 aliphatic rings. The van der Waals surface area contributed by atoms with Crippen molar-refractivity contribution in [2.75, 3.05) is 11.9 Å². The molecule has 2 heterocycles. The second-order valence-corrected chi connectivity index (χ2v) is 6.68. The maximum atomic E-state index is 14.4. The molecule has 1 amide bonds. The number of rotatable bonds is 4. The molecule has 0 bridgehead atoms. The second kappa shape index (κ2) is 7.65. The van der Waals surface area contributed by atoms with Gasteiger partial charge in [0, 0.05) is 11.5 Å². The molecule has 1 aromatic heterocycles. The van der Waals surface area contributed by atoms with Crippen LogP contribution >= 0.6 is 0 Å². The molecular weight excluding hydrogens is 345 g/mol. The Morgan fingerprint density at radius 1 is 1.42 bits per heavy atom. The maximum Gasteiger partial charge on any atom is 0.352 e. The molecule has 2 fully saturated rings. The van der Waals surface area contributed by atoms with E-state index in [1.54, 1.807) is 0 Å². The molecule has 1 aliphatic carbocycles. The highest BCUT2D eigenvalue weighted by molar-refractivity contribution is 5.91. The van der Waals surface area contributed by atoms with Gasteiger partial charge in [-0.15, -0.1) is 0 Å². The number of aromatic nitrogens is 2. The van der Waals surface area contributed by atoms with Gasteiger partial charge in [0.05, 0.1) is 12.8 Å². The fourth-order valence-electron chi connectivity index (χ4n) is 3.38. The summed E-state index contributed by atoms with van der Waals surface area (Å²) in [5, 5.41) is 21.4. The van der Waals surface area contributed by atoms with Crippen molar-refractivity contribution in [1.29, 1.82) is 0 Å². The SMILES string of the molecule is C=C1[C@H](n2cc(F)c(NC(=O)C3CCCCC3)nc2=O)O[C@H](CO)[C@H]1O. The third-order valence-corrected chi connectivity index (χ3v) is 4.91. The van der Waals surface area contributed by atoms with E-state index in [2.05, 4.69) is 16.9 Å². The molecule has 0 spiro atoms. The number of halogens is 1. The summed E-state index contributed by atoms with van der Waals surface area (Å²) in [6.45, 7) is 3.15. The summed E-state index contributed by atoms with van der Waals surface area (Å²) in [5.74, 6) is -1.87. The van der Waals surface area contributed by atoms with E-state index < -0.39 is 42.4 Å². The topological polar surface area (TPSA) is 114 Å². The summed E-state index contributed by atoms with van der Waals surface area (Å²) in [7, 11) is 0. The molecule has 1 saturated carbocycles. The molecule has 9 heteroatoms. The van der Waals surface area contributed by atoms with Crippen molar-refractivity contribution < 1.29 is 24.1 Å². The smallest absolute Gasteiger partial charge is 0.352 e. The Labute approximate surface area is 149 Å². The largest absolute Gasteiger partial charge is 0.394 e. The van der Waals surface area contributed by atoms with Gasteiger partial charge in [0.15, 0.2) is 17.9 Å². The number of aliphatic hydroxyl groups excluding tert-OH is 2. The number of hydrogen-bond acceptors (Lipinski definition) is 6. The predicted molar refractivity (Wildman–Crippen MR) is 89.8 cm³/mol. The molecule has 1 aliphatic heterocycles. The van der Waals surface area contributed by atoms with Crippen molar-refractivity contribution in [3.8, 4) is 0 Å². The number of carbonyl (C=O) groups excluding carboxylic acids is 1. The molecule has 0 unspecified atom stereocenters. The molecule has 3 rings (SSSR count). The third kappa shape index (κ3) is 3.55. The Balaban J connectivity index is 1.79. The Morgan fingerprint density at radius 3 is 2.73 bits per heavy atom. The van der Waals surface area contributed by atoms with Crippen LogP contribution in [0.1, 0.15) is 38.3 Å². The number of ether oxygens (including phenoxy) is 1. The zero-order chi connectivity index (χ0) is 18.8. The molecule has 8 nitrogen and oxygen atoms in total.